The molecule has 1 N–H and O–H groups in total. The zero-order valence-corrected chi connectivity index (χ0v) is 19.9. The molecule has 4 rings (SSSR count). The number of benzene rings is 4. The van der Waals surface area contributed by atoms with Crippen molar-refractivity contribution >= 4 is 34.9 Å². The summed E-state index contributed by atoms with van der Waals surface area (Å²) >= 11 is 7.98. The topological polar surface area (TPSA) is 46.5 Å². The van der Waals surface area contributed by atoms with Crippen LogP contribution in [0, 0.1) is 0 Å². The van der Waals surface area contributed by atoms with Crippen LogP contribution >= 0.6 is 23.4 Å². The molecule has 5 heteroatoms. The maximum atomic E-state index is 10.6. The van der Waals surface area contributed by atoms with Gasteiger partial charge in [0.15, 0.2) is 6.61 Å². The summed E-state index contributed by atoms with van der Waals surface area (Å²) in [6, 6.07) is 34.3. The van der Waals surface area contributed by atoms with E-state index in [2.05, 4.69) is 48.5 Å². The second-order valence-electron chi connectivity index (χ2n) is 7.54. The van der Waals surface area contributed by atoms with Crippen LogP contribution in [0.2, 0.25) is 5.02 Å². The Kier molecular flexibility index (Phi) is 8.08. The van der Waals surface area contributed by atoms with Crippen molar-refractivity contribution in [1.82, 2.24) is 0 Å². The van der Waals surface area contributed by atoms with Crippen molar-refractivity contribution in [3.05, 3.63) is 125 Å². The van der Waals surface area contributed by atoms with E-state index >= 15 is 0 Å². The lowest BCUT2D eigenvalue weighted by Crippen LogP contribution is -2.09. The van der Waals surface area contributed by atoms with E-state index in [1.54, 1.807) is 23.9 Å². The molecule has 0 aliphatic heterocycles. The van der Waals surface area contributed by atoms with Gasteiger partial charge in [-0.05, 0) is 64.2 Å². The highest BCUT2D eigenvalue weighted by atomic mass is 35.5. The molecule has 0 saturated heterocycles. The summed E-state index contributed by atoms with van der Waals surface area (Å²) in [6.45, 7) is -0.346. The molecule has 0 spiro atoms. The minimum absolute atomic E-state index is 0.346. The van der Waals surface area contributed by atoms with E-state index in [0.29, 0.717) is 10.8 Å². The molecule has 34 heavy (non-hydrogen) atoms. The van der Waals surface area contributed by atoms with Gasteiger partial charge >= 0.3 is 5.97 Å². The third-order valence-corrected chi connectivity index (χ3v) is 6.34. The SMILES string of the molecule is O=C(O)COc1ccc(SC/C=C(\c2ccc(-c3ccccc3)cc2)c2cccc(Cl)c2)cc1. The first-order valence-corrected chi connectivity index (χ1v) is 12.1. The van der Waals surface area contributed by atoms with Gasteiger partial charge in [-0.2, -0.15) is 0 Å². The smallest absolute Gasteiger partial charge is 0.341 e. The Hall–Kier alpha value is -3.47. The highest BCUT2D eigenvalue weighted by Crippen LogP contribution is 2.30. The maximum Gasteiger partial charge on any atom is 0.341 e. The Labute approximate surface area is 208 Å². The van der Waals surface area contributed by atoms with Gasteiger partial charge in [0, 0.05) is 15.7 Å². The van der Waals surface area contributed by atoms with Crippen molar-refractivity contribution in [3.8, 4) is 16.9 Å². The van der Waals surface area contributed by atoms with E-state index < -0.39 is 5.97 Å². The van der Waals surface area contributed by atoms with Crippen molar-refractivity contribution in [3.63, 3.8) is 0 Å². The lowest BCUT2D eigenvalue weighted by atomic mass is 9.95. The summed E-state index contributed by atoms with van der Waals surface area (Å²) in [5.74, 6) is 0.312. The molecule has 0 aliphatic carbocycles. The summed E-state index contributed by atoms with van der Waals surface area (Å²) in [7, 11) is 0. The van der Waals surface area contributed by atoms with Crippen LogP contribution in [0.1, 0.15) is 11.1 Å². The van der Waals surface area contributed by atoms with Crippen LogP contribution < -0.4 is 4.74 Å². The lowest BCUT2D eigenvalue weighted by Gasteiger charge is -2.11. The van der Waals surface area contributed by atoms with Crippen LogP contribution in [0.5, 0.6) is 5.75 Å². The van der Waals surface area contributed by atoms with Gasteiger partial charge in [0.1, 0.15) is 5.75 Å². The first-order chi connectivity index (χ1) is 16.6. The minimum Gasteiger partial charge on any atom is -0.482 e. The quantitative estimate of drug-likeness (QED) is 0.246. The molecule has 0 atom stereocenters. The van der Waals surface area contributed by atoms with Gasteiger partial charge in [0.2, 0.25) is 0 Å². The average Bonchev–Trinajstić information content (AvgIpc) is 2.87. The fraction of sp³-hybridized carbons (Fsp3) is 0.0690. The molecule has 0 unspecified atom stereocenters. The maximum absolute atomic E-state index is 10.6. The second-order valence-corrected chi connectivity index (χ2v) is 9.07. The Morgan fingerprint density at radius 1 is 0.824 bits per heavy atom. The van der Waals surface area contributed by atoms with Crippen LogP contribution in [0.4, 0.5) is 0 Å². The molecular weight excluding hydrogens is 464 g/mol. The molecule has 0 aromatic heterocycles. The van der Waals surface area contributed by atoms with Gasteiger partial charge in [-0.3, -0.25) is 0 Å². The van der Waals surface area contributed by atoms with Crippen LogP contribution in [0.15, 0.2) is 114 Å². The first-order valence-electron chi connectivity index (χ1n) is 10.8. The molecule has 0 heterocycles. The van der Waals surface area contributed by atoms with Gasteiger partial charge in [-0.1, -0.05) is 84.4 Å². The number of thioether (sulfide) groups is 1. The zero-order valence-electron chi connectivity index (χ0n) is 18.4. The van der Waals surface area contributed by atoms with Gasteiger partial charge in [-0.15, -0.1) is 11.8 Å². The molecule has 4 aromatic carbocycles. The van der Waals surface area contributed by atoms with Crippen molar-refractivity contribution in [2.45, 2.75) is 4.90 Å². The van der Waals surface area contributed by atoms with Crippen LogP contribution in [0.25, 0.3) is 16.7 Å². The van der Waals surface area contributed by atoms with E-state index in [4.69, 9.17) is 21.4 Å². The molecule has 0 amide bonds. The number of rotatable bonds is 9. The molecule has 3 nitrogen and oxygen atoms in total. The third-order valence-electron chi connectivity index (χ3n) is 5.16. The summed E-state index contributed by atoms with van der Waals surface area (Å²) in [6.07, 6.45) is 2.21. The molecule has 0 radical (unpaired) electrons. The number of hydrogen-bond acceptors (Lipinski definition) is 3. The van der Waals surface area contributed by atoms with E-state index in [1.807, 2.05) is 48.5 Å². The standard InChI is InChI=1S/C29H23ClO3S/c30-25-8-4-7-24(19-25)28(23-11-9-22(10-12-23)21-5-2-1-3-6-21)17-18-34-27-15-13-26(14-16-27)33-20-29(31)32/h1-17,19H,18,20H2,(H,31,32)/b28-17+. The Morgan fingerprint density at radius 2 is 1.53 bits per heavy atom. The van der Waals surface area contributed by atoms with E-state index in [0.717, 1.165) is 27.3 Å². The number of carbonyl (C=O) groups is 1. The summed E-state index contributed by atoms with van der Waals surface area (Å²) in [5.41, 5.74) is 5.68. The number of hydrogen-bond donors (Lipinski definition) is 1. The van der Waals surface area contributed by atoms with Gasteiger partial charge < -0.3 is 9.84 Å². The second kappa shape index (κ2) is 11.6. The normalized spacial score (nSPS) is 11.3. The number of carboxylic acid groups (broad SMARTS) is 1. The summed E-state index contributed by atoms with van der Waals surface area (Å²) in [5, 5.41) is 9.43. The van der Waals surface area contributed by atoms with Crippen molar-refractivity contribution < 1.29 is 14.6 Å². The van der Waals surface area contributed by atoms with Gasteiger partial charge in [0.25, 0.3) is 0 Å². The number of carboxylic acids is 1. The minimum atomic E-state index is -0.992. The Bertz CT molecular complexity index is 1270. The van der Waals surface area contributed by atoms with E-state index in [9.17, 15) is 4.79 Å². The van der Waals surface area contributed by atoms with Crippen molar-refractivity contribution in [2.24, 2.45) is 0 Å². The van der Waals surface area contributed by atoms with Crippen molar-refractivity contribution in [2.75, 3.05) is 12.4 Å². The summed E-state index contributed by atoms with van der Waals surface area (Å²) < 4.78 is 5.20. The highest BCUT2D eigenvalue weighted by molar-refractivity contribution is 7.99. The summed E-state index contributed by atoms with van der Waals surface area (Å²) in [4.78, 5) is 11.7. The van der Waals surface area contributed by atoms with Gasteiger partial charge in [0.05, 0.1) is 0 Å². The molecule has 0 fully saturated rings. The highest BCUT2D eigenvalue weighted by Gasteiger charge is 2.07. The number of halogens is 1. The van der Waals surface area contributed by atoms with Crippen LogP contribution in [-0.2, 0) is 4.79 Å². The zero-order chi connectivity index (χ0) is 23.8. The molecule has 170 valence electrons. The fourth-order valence-electron chi connectivity index (χ4n) is 3.53. The lowest BCUT2D eigenvalue weighted by molar-refractivity contribution is -0.139. The van der Waals surface area contributed by atoms with E-state index in [-0.39, 0.29) is 6.61 Å². The molecule has 0 aliphatic rings. The average molecular weight is 487 g/mol. The van der Waals surface area contributed by atoms with Gasteiger partial charge in [-0.25, -0.2) is 4.79 Å². The number of aliphatic carboxylic acids is 1. The fourth-order valence-corrected chi connectivity index (χ4v) is 4.49. The van der Waals surface area contributed by atoms with Crippen LogP contribution in [-0.4, -0.2) is 23.4 Å². The predicted octanol–water partition coefficient (Wildman–Crippen LogP) is 7.69. The van der Waals surface area contributed by atoms with E-state index in [1.165, 1.54) is 11.1 Å². The van der Waals surface area contributed by atoms with Crippen molar-refractivity contribution in [1.29, 1.82) is 0 Å². The monoisotopic (exact) mass is 486 g/mol. The Balaban J connectivity index is 1.53. The largest absolute Gasteiger partial charge is 0.482 e. The third kappa shape index (κ3) is 6.53. The molecule has 0 saturated carbocycles. The molecular formula is C29H23ClO3S. The number of ether oxygens (including phenoxy) is 1. The molecule has 0 bridgehead atoms. The Morgan fingerprint density at radius 3 is 2.21 bits per heavy atom. The van der Waals surface area contributed by atoms with Crippen LogP contribution in [0.3, 0.4) is 0 Å². The molecule has 4 aromatic rings. The predicted molar refractivity (Wildman–Crippen MR) is 141 cm³/mol. The first kappa shape index (κ1) is 23.7.